The maximum absolute atomic E-state index is 11.2. The molecule has 0 spiro atoms. The fraction of sp³-hybridized carbons (Fsp3) is 0.308. The van der Waals surface area contributed by atoms with Crippen LogP contribution in [-0.2, 0) is 4.79 Å². The number of amides is 1. The first-order valence-corrected chi connectivity index (χ1v) is 6.32. The molecule has 1 aromatic carbocycles. The minimum absolute atomic E-state index is 0.0119. The third kappa shape index (κ3) is 1.78. The normalized spacial score (nSPS) is 20.2. The number of hydrogen-bond acceptors (Lipinski definition) is 6. The van der Waals surface area contributed by atoms with Gasteiger partial charge >= 0.3 is 0 Å². The molecule has 7 nitrogen and oxygen atoms in total. The van der Waals surface area contributed by atoms with Crippen molar-refractivity contribution in [3.05, 3.63) is 24.1 Å². The van der Waals surface area contributed by atoms with E-state index in [-0.39, 0.29) is 18.7 Å². The lowest BCUT2D eigenvalue weighted by molar-refractivity contribution is -0.119. The summed E-state index contributed by atoms with van der Waals surface area (Å²) in [6.07, 6.45) is 1.17. The first kappa shape index (κ1) is 11.3. The molecule has 3 heterocycles. The summed E-state index contributed by atoms with van der Waals surface area (Å²) in [5, 5.41) is 6.74. The van der Waals surface area contributed by atoms with E-state index in [9.17, 15) is 4.79 Å². The van der Waals surface area contributed by atoms with Crippen LogP contribution in [-0.4, -0.2) is 22.8 Å². The first-order chi connectivity index (χ1) is 9.79. The molecule has 4 rings (SSSR count). The number of rotatable bonds is 2. The van der Waals surface area contributed by atoms with Gasteiger partial charge in [-0.3, -0.25) is 4.79 Å². The van der Waals surface area contributed by atoms with Crippen molar-refractivity contribution >= 4 is 5.91 Å². The van der Waals surface area contributed by atoms with E-state index in [1.165, 1.54) is 0 Å². The summed E-state index contributed by atoms with van der Waals surface area (Å²) in [5.74, 6) is 2.30. The number of ether oxygens (including phenoxy) is 2. The SMILES string of the molecule is O=C1CCC(c2nc(-c3ccc4c(c3)OCO4)no2)N1. The van der Waals surface area contributed by atoms with Crippen molar-refractivity contribution in [1.82, 2.24) is 15.5 Å². The van der Waals surface area contributed by atoms with Crippen molar-refractivity contribution < 1.29 is 18.8 Å². The molecule has 2 aromatic rings. The predicted molar refractivity (Wildman–Crippen MR) is 66.0 cm³/mol. The summed E-state index contributed by atoms with van der Waals surface area (Å²) in [4.78, 5) is 15.5. The molecule has 1 unspecified atom stereocenters. The van der Waals surface area contributed by atoms with Gasteiger partial charge in [-0.15, -0.1) is 0 Å². The summed E-state index contributed by atoms with van der Waals surface area (Å²) < 4.78 is 15.8. The average molecular weight is 273 g/mol. The summed E-state index contributed by atoms with van der Waals surface area (Å²) in [6, 6.07) is 5.28. The fourth-order valence-electron chi connectivity index (χ4n) is 2.33. The van der Waals surface area contributed by atoms with Crippen LogP contribution in [0.3, 0.4) is 0 Å². The molecule has 1 atom stereocenters. The van der Waals surface area contributed by atoms with Gasteiger partial charge in [-0.1, -0.05) is 5.16 Å². The minimum Gasteiger partial charge on any atom is -0.454 e. The second-order valence-corrected chi connectivity index (χ2v) is 4.68. The van der Waals surface area contributed by atoms with E-state index in [0.717, 1.165) is 5.56 Å². The molecule has 0 aliphatic carbocycles. The largest absolute Gasteiger partial charge is 0.454 e. The molecule has 1 amide bonds. The van der Waals surface area contributed by atoms with E-state index in [0.29, 0.717) is 36.1 Å². The fourth-order valence-corrected chi connectivity index (χ4v) is 2.33. The van der Waals surface area contributed by atoms with Gasteiger partial charge in [0.25, 0.3) is 0 Å². The van der Waals surface area contributed by atoms with Crippen LogP contribution in [0.15, 0.2) is 22.7 Å². The second-order valence-electron chi connectivity index (χ2n) is 4.68. The Hall–Kier alpha value is -2.57. The minimum atomic E-state index is -0.183. The highest BCUT2D eigenvalue weighted by atomic mass is 16.7. The van der Waals surface area contributed by atoms with Crippen LogP contribution < -0.4 is 14.8 Å². The highest BCUT2D eigenvalue weighted by Crippen LogP contribution is 2.35. The van der Waals surface area contributed by atoms with Gasteiger partial charge in [0.15, 0.2) is 11.5 Å². The second kappa shape index (κ2) is 4.22. The van der Waals surface area contributed by atoms with E-state index in [1.54, 1.807) is 0 Å². The topological polar surface area (TPSA) is 86.5 Å². The van der Waals surface area contributed by atoms with Gasteiger partial charge in [0.05, 0.1) is 0 Å². The summed E-state index contributed by atoms with van der Waals surface area (Å²) >= 11 is 0. The van der Waals surface area contributed by atoms with Crippen molar-refractivity contribution in [2.75, 3.05) is 6.79 Å². The van der Waals surface area contributed by atoms with E-state index in [4.69, 9.17) is 14.0 Å². The molecule has 7 heteroatoms. The standard InChI is InChI=1S/C13H11N3O4/c17-11-4-2-8(14-11)13-15-12(16-20-13)7-1-3-9-10(5-7)19-6-18-9/h1,3,5,8H,2,4,6H2,(H,14,17). The molecule has 1 N–H and O–H groups in total. The van der Waals surface area contributed by atoms with Crippen molar-refractivity contribution in [2.45, 2.75) is 18.9 Å². The van der Waals surface area contributed by atoms with Crippen LogP contribution in [0.5, 0.6) is 11.5 Å². The molecule has 102 valence electrons. The number of nitrogens with zero attached hydrogens (tertiary/aromatic N) is 2. The van der Waals surface area contributed by atoms with Crippen LogP contribution >= 0.6 is 0 Å². The Morgan fingerprint density at radius 1 is 1.25 bits per heavy atom. The predicted octanol–water partition coefficient (Wildman–Crippen LogP) is 1.42. The Kier molecular flexibility index (Phi) is 2.38. The molecule has 1 fully saturated rings. The quantitative estimate of drug-likeness (QED) is 0.890. The number of carbonyl (C=O) groups excluding carboxylic acids is 1. The number of aromatic nitrogens is 2. The van der Waals surface area contributed by atoms with E-state index >= 15 is 0 Å². The van der Waals surface area contributed by atoms with Gasteiger partial charge in [-0.25, -0.2) is 0 Å². The van der Waals surface area contributed by atoms with Crippen molar-refractivity contribution in [3.63, 3.8) is 0 Å². The van der Waals surface area contributed by atoms with Crippen molar-refractivity contribution in [2.24, 2.45) is 0 Å². The Morgan fingerprint density at radius 2 is 2.15 bits per heavy atom. The van der Waals surface area contributed by atoms with E-state index in [2.05, 4.69) is 15.5 Å². The maximum atomic E-state index is 11.2. The third-order valence-corrected chi connectivity index (χ3v) is 3.37. The van der Waals surface area contributed by atoms with Gasteiger partial charge in [0, 0.05) is 12.0 Å². The third-order valence-electron chi connectivity index (χ3n) is 3.37. The molecule has 0 radical (unpaired) electrons. The Morgan fingerprint density at radius 3 is 3.00 bits per heavy atom. The van der Waals surface area contributed by atoms with Gasteiger partial charge in [-0.2, -0.15) is 4.98 Å². The number of fused-ring (bicyclic) bond motifs is 1. The molecular weight excluding hydrogens is 262 g/mol. The lowest BCUT2D eigenvalue weighted by Gasteiger charge is -2.01. The Labute approximate surface area is 113 Å². The lowest BCUT2D eigenvalue weighted by atomic mass is 10.2. The Bertz CT molecular complexity index is 682. The number of hydrogen-bond donors (Lipinski definition) is 1. The summed E-state index contributed by atoms with van der Waals surface area (Å²) in [7, 11) is 0. The van der Waals surface area contributed by atoms with Crippen molar-refractivity contribution in [3.8, 4) is 22.9 Å². The molecule has 0 saturated carbocycles. The van der Waals surface area contributed by atoms with E-state index in [1.807, 2.05) is 18.2 Å². The van der Waals surface area contributed by atoms with Crippen LogP contribution in [0.25, 0.3) is 11.4 Å². The molecule has 2 aliphatic rings. The molecule has 20 heavy (non-hydrogen) atoms. The highest BCUT2D eigenvalue weighted by molar-refractivity contribution is 5.78. The van der Waals surface area contributed by atoms with Crippen LogP contribution in [0.1, 0.15) is 24.8 Å². The maximum Gasteiger partial charge on any atom is 0.249 e. The number of benzene rings is 1. The zero-order chi connectivity index (χ0) is 13.5. The zero-order valence-electron chi connectivity index (χ0n) is 10.5. The monoisotopic (exact) mass is 273 g/mol. The van der Waals surface area contributed by atoms with Crippen LogP contribution in [0.2, 0.25) is 0 Å². The summed E-state index contributed by atoms with van der Waals surface area (Å²) in [6.45, 7) is 0.227. The molecule has 2 aliphatic heterocycles. The number of nitrogens with one attached hydrogen (secondary N) is 1. The van der Waals surface area contributed by atoms with Gasteiger partial charge in [0.1, 0.15) is 6.04 Å². The van der Waals surface area contributed by atoms with Gasteiger partial charge < -0.3 is 19.3 Å². The average Bonchev–Trinajstić information content (AvgIpc) is 3.17. The Balaban J connectivity index is 1.63. The van der Waals surface area contributed by atoms with Crippen molar-refractivity contribution in [1.29, 1.82) is 0 Å². The summed E-state index contributed by atoms with van der Waals surface area (Å²) in [5.41, 5.74) is 0.786. The van der Waals surface area contributed by atoms with Crippen LogP contribution in [0.4, 0.5) is 0 Å². The number of carbonyl (C=O) groups is 1. The zero-order valence-corrected chi connectivity index (χ0v) is 10.5. The van der Waals surface area contributed by atoms with Gasteiger partial charge in [0.2, 0.25) is 24.4 Å². The first-order valence-electron chi connectivity index (χ1n) is 6.32. The smallest absolute Gasteiger partial charge is 0.249 e. The molecule has 1 saturated heterocycles. The molecular formula is C13H11N3O4. The lowest BCUT2D eigenvalue weighted by Crippen LogP contribution is -2.18. The van der Waals surface area contributed by atoms with Crippen LogP contribution in [0, 0.1) is 0 Å². The highest BCUT2D eigenvalue weighted by Gasteiger charge is 2.27. The molecule has 1 aromatic heterocycles. The van der Waals surface area contributed by atoms with Gasteiger partial charge in [-0.05, 0) is 24.6 Å². The van der Waals surface area contributed by atoms with E-state index < -0.39 is 0 Å². The molecule has 0 bridgehead atoms.